The van der Waals surface area contributed by atoms with Crippen LogP contribution in [0.5, 0.6) is 0 Å². The first-order chi connectivity index (χ1) is 17.0. The smallest absolute Gasteiger partial charge is 0.329 e. The summed E-state index contributed by atoms with van der Waals surface area (Å²) in [5, 5.41) is 0. The zero-order valence-electron chi connectivity index (χ0n) is 20.3. The summed E-state index contributed by atoms with van der Waals surface area (Å²) in [5.41, 5.74) is 2.12. The number of nitrogens with zero attached hydrogens (tertiary/aromatic N) is 2. The second-order valence-corrected chi connectivity index (χ2v) is 8.42. The van der Waals surface area contributed by atoms with Crippen molar-refractivity contribution >= 4 is 23.0 Å². The molecule has 2 atom stereocenters. The van der Waals surface area contributed by atoms with E-state index in [1.54, 1.807) is 6.07 Å². The molecule has 2 unspecified atom stereocenters. The van der Waals surface area contributed by atoms with E-state index in [1.165, 1.54) is 4.90 Å². The van der Waals surface area contributed by atoms with E-state index in [4.69, 9.17) is 13.9 Å². The molecule has 35 heavy (non-hydrogen) atoms. The van der Waals surface area contributed by atoms with Crippen molar-refractivity contribution in [2.24, 2.45) is 5.92 Å². The molecular formula is C27H33FN2O5. The Labute approximate surface area is 205 Å². The molecule has 1 aromatic heterocycles. The van der Waals surface area contributed by atoms with E-state index in [0.717, 1.165) is 5.56 Å². The van der Waals surface area contributed by atoms with Crippen LogP contribution in [0, 0.1) is 5.92 Å². The van der Waals surface area contributed by atoms with Crippen molar-refractivity contribution in [3.8, 4) is 0 Å². The maximum absolute atomic E-state index is 13.5. The van der Waals surface area contributed by atoms with Crippen LogP contribution in [0.15, 0.2) is 59.0 Å². The van der Waals surface area contributed by atoms with Crippen molar-refractivity contribution < 1.29 is 27.9 Å². The van der Waals surface area contributed by atoms with E-state index < -0.39 is 18.7 Å². The number of carbonyl (C=O) groups excluding carboxylic acids is 2. The highest BCUT2D eigenvalue weighted by Gasteiger charge is 2.35. The second kappa shape index (κ2) is 13.6. The van der Waals surface area contributed by atoms with Gasteiger partial charge < -0.3 is 18.8 Å². The third kappa shape index (κ3) is 7.62. The zero-order chi connectivity index (χ0) is 25.0. The second-order valence-electron chi connectivity index (χ2n) is 8.42. The van der Waals surface area contributed by atoms with Crippen molar-refractivity contribution in [1.82, 2.24) is 9.88 Å². The van der Waals surface area contributed by atoms with Crippen LogP contribution in [0.25, 0.3) is 11.1 Å². The standard InChI is InChI=1S/C27H33FN2O5/c1-3-20(2)26(27(32)34-19-21-10-5-4-6-11-21)30(15-17-33-16-9-14-28)25(31)18-24-29-22-12-7-8-13-23(22)35-24/h4-8,10-13,20,26H,3,9,14-19H2,1-2H3. The third-order valence-corrected chi connectivity index (χ3v) is 5.84. The molecule has 0 fully saturated rings. The average Bonchev–Trinajstić information content (AvgIpc) is 3.29. The van der Waals surface area contributed by atoms with Gasteiger partial charge in [0.15, 0.2) is 5.58 Å². The molecule has 3 aromatic rings. The molecule has 7 nitrogen and oxygen atoms in total. The fourth-order valence-electron chi connectivity index (χ4n) is 3.77. The summed E-state index contributed by atoms with van der Waals surface area (Å²) in [5.74, 6) is -0.665. The fraction of sp³-hybridized carbons (Fsp3) is 0.444. The number of alkyl halides is 1. The maximum Gasteiger partial charge on any atom is 0.329 e. The summed E-state index contributed by atoms with van der Waals surface area (Å²) in [4.78, 5) is 32.6. The van der Waals surface area contributed by atoms with Crippen LogP contribution in [0.4, 0.5) is 4.39 Å². The van der Waals surface area contributed by atoms with Gasteiger partial charge in [0.2, 0.25) is 11.8 Å². The number of benzene rings is 2. The quantitative estimate of drug-likeness (QED) is 0.243. The van der Waals surface area contributed by atoms with Crippen LogP contribution in [0.2, 0.25) is 0 Å². The zero-order valence-corrected chi connectivity index (χ0v) is 20.3. The average molecular weight is 485 g/mol. The first kappa shape index (κ1) is 26.3. The van der Waals surface area contributed by atoms with Crippen molar-refractivity contribution in [1.29, 1.82) is 0 Å². The van der Waals surface area contributed by atoms with Gasteiger partial charge in [0.25, 0.3) is 0 Å². The Morgan fingerprint density at radius 3 is 2.54 bits per heavy atom. The number of ether oxygens (including phenoxy) is 2. The van der Waals surface area contributed by atoms with E-state index in [0.29, 0.717) is 17.5 Å². The molecule has 1 heterocycles. The molecule has 0 radical (unpaired) electrons. The Kier molecular flexibility index (Phi) is 10.2. The predicted molar refractivity (Wildman–Crippen MR) is 130 cm³/mol. The molecule has 0 aliphatic rings. The van der Waals surface area contributed by atoms with Gasteiger partial charge in [-0.25, -0.2) is 9.78 Å². The molecule has 0 aliphatic heterocycles. The van der Waals surface area contributed by atoms with Gasteiger partial charge in [-0.1, -0.05) is 62.7 Å². The fourth-order valence-corrected chi connectivity index (χ4v) is 3.77. The number of halogens is 1. The van der Waals surface area contributed by atoms with E-state index in [9.17, 15) is 14.0 Å². The molecule has 1 amide bonds. The normalized spacial score (nSPS) is 12.9. The number of amides is 1. The summed E-state index contributed by atoms with van der Waals surface area (Å²) in [6.45, 7) is 4.12. The Morgan fingerprint density at radius 1 is 1.09 bits per heavy atom. The Morgan fingerprint density at radius 2 is 1.83 bits per heavy atom. The van der Waals surface area contributed by atoms with Gasteiger partial charge >= 0.3 is 5.97 Å². The van der Waals surface area contributed by atoms with Gasteiger partial charge in [0.05, 0.1) is 13.3 Å². The van der Waals surface area contributed by atoms with Crippen molar-refractivity contribution in [3.05, 3.63) is 66.1 Å². The molecule has 0 spiro atoms. The summed E-state index contributed by atoms with van der Waals surface area (Å²) in [6, 6.07) is 15.9. The number of rotatable bonds is 14. The minimum atomic E-state index is -0.801. The lowest BCUT2D eigenvalue weighted by Crippen LogP contribution is -2.51. The lowest BCUT2D eigenvalue weighted by molar-refractivity contribution is -0.159. The predicted octanol–water partition coefficient (Wildman–Crippen LogP) is 4.73. The number of carbonyl (C=O) groups is 2. The van der Waals surface area contributed by atoms with Gasteiger partial charge in [0.1, 0.15) is 24.6 Å². The SMILES string of the molecule is CCC(C)C(C(=O)OCc1ccccc1)N(CCOCCCF)C(=O)Cc1nc2ccccc2o1. The van der Waals surface area contributed by atoms with Gasteiger partial charge in [-0.3, -0.25) is 9.18 Å². The highest BCUT2D eigenvalue weighted by molar-refractivity contribution is 5.86. The van der Waals surface area contributed by atoms with Gasteiger partial charge in [-0.15, -0.1) is 0 Å². The molecule has 8 heteroatoms. The van der Waals surface area contributed by atoms with Crippen molar-refractivity contribution in [3.63, 3.8) is 0 Å². The van der Waals surface area contributed by atoms with Crippen molar-refractivity contribution in [2.45, 2.75) is 45.8 Å². The highest BCUT2D eigenvalue weighted by Crippen LogP contribution is 2.21. The maximum atomic E-state index is 13.5. The lowest BCUT2D eigenvalue weighted by Gasteiger charge is -2.33. The molecule has 0 aliphatic carbocycles. The lowest BCUT2D eigenvalue weighted by atomic mass is 9.97. The van der Waals surface area contributed by atoms with Crippen molar-refractivity contribution in [2.75, 3.05) is 26.4 Å². The number of esters is 1. The van der Waals surface area contributed by atoms with Gasteiger partial charge in [0, 0.05) is 13.2 Å². The van der Waals surface area contributed by atoms with Gasteiger partial charge in [-0.05, 0) is 30.0 Å². The number of oxazole rings is 1. The van der Waals surface area contributed by atoms with E-state index in [-0.39, 0.29) is 56.9 Å². The van der Waals surface area contributed by atoms with E-state index >= 15 is 0 Å². The number of fused-ring (bicyclic) bond motifs is 1. The van der Waals surface area contributed by atoms with Crippen LogP contribution >= 0.6 is 0 Å². The highest BCUT2D eigenvalue weighted by atomic mass is 19.1. The van der Waals surface area contributed by atoms with Crippen LogP contribution in [-0.2, 0) is 32.1 Å². The summed E-state index contributed by atoms with van der Waals surface area (Å²) >= 11 is 0. The topological polar surface area (TPSA) is 81.9 Å². The molecule has 0 bridgehead atoms. The summed E-state index contributed by atoms with van der Waals surface area (Å²) in [6.07, 6.45) is 0.850. The minimum Gasteiger partial charge on any atom is -0.459 e. The first-order valence-electron chi connectivity index (χ1n) is 12.0. The molecule has 0 saturated carbocycles. The summed E-state index contributed by atoms with van der Waals surface area (Å²) < 4.78 is 29.3. The molecule has 0 N–H and O–H groups in total. The van der Waals surface area contributed by atoms with E-state index in [2.05, 4.69) is 4.98 Å². The number of aromatic nitrogens is 1. The van der Waals surface area contributed by atoms with Crippen LogP contribution in [-0.4, -0.2) is 54.2 Å². The molecule has 188 valence electrons. The third-order valence-electron chi connectivity index (χ3n) is 5.84. The molecule has 0 saturated heterocycles. The molecule has 3 rings (SSSR count). The molecular weight excluding hydrogens is 451 g/mol. The summed E-state index contributed by atoms with van der Waals surface area (Å²) in [7, 11) is 0. The van der Waals surface area contributed by atoms with Crippen LogP contribution < -0.4 is 0 Å². The Balaban J connectivity index is 1.77. The number of hydrogen-bond acceptors (Lipinski definition) is 6. The largest absolute Gasteiger partial charge is 0.459 e. The van der Waals surface area contributed by atoms with Gasteiger partial charge in [-0.2, -0.15) is 0 Å². The van der Waals surface area contributed by atoms with Crippen LogP contribution in [0.1, 0.15) is 38.1 Å². The number of para-hydroxylation sites is 2. The minimum absolute atomic E-state index is 0.0991. The monoisotopic (exact) mass is 484 g/mol. The van der Waals surface area contributed by atoms with Crippen LogP contribution in [0.3, 0.4) is 0 Å². The van der Waals surface area contributed by atoms with E-state index in [1.807, 2.05) is 62.4 Å². The molecule has 2 aromatic carbocycles. The first-order valence-corrected chi connectivity index (χ1v) is 12.0. The Hall–Kier alpha value is -3.26. The Bertz CT molecular complexity index is 1040. The number of hydrogen-bond donors (Lipinski definition) is 0.